The van der Waals surface area contributed by atoms with E-state index >= 15 is 0 Å². The van der Waals surface area contributed by atoms with Crippen LogP contribution in [0.15, 0.2) is 67.0 Å². The molecule has 5 rings (SSSR count). The Balaban J connectivity index is 1.56. The van der Waals surface area contributed by atoms with Gasteiger partial charge in [-0.15, -0.1) is 0 Å². The number of amides is 1. The molecular weight excluding hydrogens is 442 g/mol. The number of hydrogen-bond acceptors (Lipinski definition) is 8. The summed E-state index contributed by atoms with van der Waals surface area (Å²) in [5, 5.41) is 1.15. The highest BCUT2D eigenvalue weighted by Crippen LogP contribution is 2.32. The van der Waals surface area contributed by atoms with Crippen molar-refractivity contribution in [3.05, 3.63) is 69.4 Å². The molecule has 0 radical (unpaired) electrons. The average molecular weight is 463 g/mol. The molecule has 4 aromatic rings. The van der Waals surface area contributed by atoms with E-state index in [2.05, 4.69) is 0 Å². The Morgan fingerprint density at radius 2 is 1.82 bits per heavy atom. The molecule has 0 saturated carbocycles. The van der Waals surface area contributed by atoms with Crippen LogP contribution in [-0.2, 0) is 4.74 Å². The van der Waals surface area contributed by atoms with Crippen LogP contribution in [0.3, 0.4) is 0 Å². The second kappa shape index (κ2) is 9.03. The number of morpholine rings is 1. The summed E-state index contributed by atoms with van der Waals surface area (Å²) in [5.74, 6) is 0.684. The number of fused-ring (bicyclic) bond motifs is 2. The van der Waals surface area contributed by atoms with Crippen molar-refractivity contribution in [2.45, 2.75) is 6.92 Å². The summed E-state index contributed by atoms with van der Waals surface area (Å²) in [4.78, 5) is 39.1. The van der Waals surface area contributed by atoms with Crippen molar-refractivity contribution in [1.82, 2.24) is 4.90 Å². The first-order chi connectivity index (χ1) is 16.5. The second-order valence-electron chi connectivity index (χ2n) is 7.66. The zero-order valence-corrected chi connectivity index (χ0v) is 18.4. The predicted molar refractivity (Wildman–Crippen MR) is 124 cm³/mol. The fraction of sp³-hybridized carbons (Fsp3) is 0.240. The lowest BCUT2D eigenvalue weighted by Gasteiger charge is -2.25. The van der Waals surface area contributed by atoms with Crippen molar-refractivity contribution < 1.29 is 27.8 Å². The van der Waals surface area contributed by atoms with E-state index in [1.54, 1.807) is 36.4 Å². The molecule has 0 spiro atoms. The third-order valence-corrected chi connectivity index (χ3v) is 5.50. The first-order valence-corrected chi connectivity index (χ1v) is 10.9. The van der Waals surface area contributed by atoms with E-state index in [1.165, 1.54) is 17.0 Å². The van der Waals surface area contributed by atoms with E-state index in [-0.39, 0.29) is 16.9 Å². The van der Waals surface area contributed by atoms with Gasteiger partial charge in [0.15, 0.2) is 11.3 Å². The first kappa shape index (κ1) is 21.7. The molecule has 1 saturated heterocycles. The van der Waals surface area contributed by atoms with E-state index in [1.807, 2.05) is 6.92 Å². The molecule has 1 aliphatic heterocycles. The third-order valence-electron chi connectivity index (χ3n) is 5.50. The van der Waals surface area contributed by atoms with Gasteiger partial charge < -0.3 is 27.9 Å². The number of nitrogens with zero attached hydrogens (tertiary/aromatic N) is 1. The van der Waals surface area contributed by atoms with Gasteiger partial charge in [-0.05, 0) is 31.2 Å². The first-order valence-electron chi connectivity index (χ1n) is 10.9. The van der Waals surface area contributed by atoms with Gasteiger partial charge in [0.1, 0.15) is 11.3 Å². The monoisotopic (exact) mass is 463 g/mol. The molecule has 2 aromatic carbocycles. The van der Waals surface area contributed by atoms with Crippen molar-refractivity contribution >= 4 is 28.0 Å². The number of ether oxygens (including phenoxy) is 3. The second-order valence-corrected chi connectivity index (χ2v) is 7.66. The van der Waals surface area contributed by atoms with Crippen LogP contribution in [-0.4, -0.2) is 43.9 Å². The van der Waals surface area contributed by atoms with Gasteiger partial charge in [0.25, 0.3) is 0 Å². The minimum Gasteiger partial charge on any atom is -0.490 e. The number of carbonyl (C=O) groups is 1. The zero-order chi connectivity index (χ0) is 23.7. The quantitative estimate of drug-likeness (QED) is 0.421. The van der Waals surface area contributed by atoms with Gasteiger partial charge in [-0.1, -0.05) is 12.1 Å². The summed E-state index contributed by atoms with van der Waals surface area (Å²) >= 11 is 0. The number of carbonyl (C=O) groups excluding carboxylic acids is 1. The molecule has 34 heavy (non-hydrogen) atoms. The van der Waals surface area contributed by atoms with Gasteiger partial charge in [0, 0.05) is 41.6 Å². The number of hydrogen-bond donors (Lipinski definition) is 0. The summed E-state index contributed by atoms with van der Waals surface area (Å²) in [6.07, 6.45) is -0.513. The fourth-order valence-electron chi connectivity index (χ4n) is 3.92. The predicted octanol–water partition coefficient (Wildman–Crippen LogP) is 3.80. The maximum absolute atomic E-state index is 12.9. The SMILES string of the molecule is CCOc1cccc2cc(-c3cc(=O)oc4cc(OC(=O)N5CCOCC5)ccc34)c(=O)oc12. The number of para-hydroxylation sites is 1. The maximum Gasteiger partial charge on any atom is 0.415 e. The minimum atomic E-state index is -0.651. The number of rotatable bonds is 4. The number of benzene rings is 2. The summed E-state index contributed by atoms with van der Waals surface area (Å²) < 4.78 is 27.1. The molecule has 0 unspecified atom stereocenters. The maximum atomic E-state index is 12.9. The molecule has 3 heterocycles. The van der Waals surface area contributed by atoms with Gasteiger partial charge in [-0.2, -0.15) is 0 Å². The topological polar surface area (TPSA) is 108 Å². The Morgan fingerprint density at radius 3 is 2.62 bits per heavy atom. The third kappa shape index (κ3) is 4.13. The summed E-state index contributed by atoms with van der Waals surface area (Å²) in [5.41, 5.74) is -0.192. The van der Waals surface area contributed by atoms with Crippen LogP contribution in [0.1, 0.15) is 6.92 Å². The van der Waals surface area contributed by atoms with Crippen molar-refractivity contribution in [1.29, 1.82) is 0 Å². The molecule has 9 nitrogen and oxygen atoms in total. The van der Waals surface area contributed by atoms with E-state index < -0.39 is 17.3 Å². The molecule has 2 aromatic heterocycles. The summed E-state index contributed by atoms with van der Waals surface area (Å²) in [7, 11) is 0. The Kier molecular flexibility index (Phi) is 5.77. The molecule has 0 N–H and O–H groups in total. The Labute approximate surface area is 193 Å². The fourth-order valence-corrected chi connectivity index (χ4v) is 3.92. The molecule has 1 fully saturated rings. The van der Waals surface area contributed by atoms with Gasteiger partial charge in [0.05, 0.1) is 25.4 Å². The van der Waals surface area contributed by atoms with Gasteiger partial charge in [0.2, 0.25) is 0 Å². The van der Waals surface area contributed by atoms with Crippen LogP contribution >= 0.6 is 0 Å². The lowest BCUT2D eigenvalue weighted by atomic mass is 10.0. The normalized spacial score (nSPS) is 13.9. The molecule has 1 amide bonds. The summed E-state index contributed by atoms with van der Waals surface area (Å²) in [6.45, 7) is 4.04. The van der Waals surface area contributed by atoms with Crippen LogP contribution in [0, 0.1) is 0 Å². The highest BCUT2D eigenvalue weighted by molar-refractivity contribution is 5.96. The minimum absolute atomic E-state index is 0.178. The van der Waals surface area contributed by atoms with Crippen LogP contribution in [0.25, 0.3) is 33.1 Å². The molecule has 1 aliphatic rings. The van der Waals surface area contributed by atoms with Gasteiger partial charge in [-0.3, -0.25) is 0 Å². The smallest absolute Gasteiger partial charge is 0.415 e. The Hall–Kier alpha value is -4.11. The Bertz CT molecular complexity index is 1500. The van der Waals surface area contributed by atoms with Crippen LogP contribution in [0.5, 0.6) is 11.5 Å². The van der Waals surface area contributed by atoms with E-state index in [9.17, 15) is 14.4 Å². The van der Waals surface area contributed by atoms with E-state index in [0.717, 1.165) is 0 Å². The molecule has 9 heteroatoms. The van der Waals surface area contributed by atoms with Crippen LogP contribution < -0.4 is 20.7 Å². The van der Waals surface area contributed by atoms with Crippen LogP contribution in [0.2, 0.25) is 0 Å². The van der Waals surface area contributed by atoms with Crippen LogP contribution in [0.4, 0.5) is 4.79 Å². The largest absolute Gasteiger partial charge is 0.490 e. The summed E-state index contributed by atoms with van der Waals surface area (Å²) in [6, 6.07) is 12.9. The molecule has 0 atom stereocenters. The lowest BCUT2D eigenvalue weighted by molar-refractivity contribution is 0.0416. The van der Waals surface area contributed by atoms with Crippen molar-refractivity contribution in [3.63, 3.8) is 0 Å². The molecular formula is C25H21NO8. The van der Waals surface area contributed by atoms with E-state index in [0.29, 0.717) is 60.6 Å². The highest BCUT2D eigenvalue weighted by Gasteiger charge is 2.20. The van der Waals surface area contributed by atoms with Gasteiger partial charge >= 0.3 is 17.3 Å². The van der Waals surface area contributed by atoms with Crippen molar-refractivity contribution in [2.24, 2.45) is 0 Å². The highest BCUT2D eigenvalue weighted by atomic mass is 16.6. The molecule has 174 valence electrons. The lowest BCUT2D eigenvalue weighted by Crippen LogP contribution is -2.42. The van der Waals surface area contributed by atoms with E-state index in [4.69, 9.17) is 23.0 Å². The zero-order valence-electron chi connectivity index (χ0n) is 18.4. The van der Waals surface area contributed by atoms with Gasteiger partial charge in [-0.25, -0.2) is 14.4 Å². The van der Waals surface area contributed by atoms with Crippen molar-refractivity contribution in [3.8, 4) is 22.6 Å². The standard InChI is InChI=1S/C25H21NO8/c1-2-31-20-5-3-4-15-12-19(24(28)34-23(15)20)18-14-22(27)33-21-13-16(6-7-17(18)21)32-25(29)26-8-10-30-11-9-26/h3-7,12-14H,2,8-11H2,1H3. The average Bonchev–Trinajstić information content (AvgIpc) is 2.84. The molecule has 0 aliphatic carbocycles. The molecule has 0 bridgehead atoms. The van der Waals surface area contributed by atoms with Crippen molar-refractivity contribution in [2.75, 3.05) is 32.9 Å². The Morgan fingerprint density at radius 1 is 1.00 bits per heavy atom.